The first-order valence-electron chi connectivity index (χ1n) is 8.05. The van der Waals surface area contributed by atoms with E-state index in [1.807, 2.05) is 26.4 Å². The lowest BCUT2D eigenvalue weighted by atomic mass is 10.1. The summed E-state index contributed by atoms with van der Waals surface area (Å²) in [5.41, 5.74) is 2.23. The number of rotatable bonds is 7. The maximum absolute atomic E-state index is 5.40. The molecule has 6 nitrogen and oxygen atoms in total. The molecular formula is C18H28IN5O. The lowest BCUT2D eigenvalue weighted by molar-refractivity contribution is 0.0268. The van der Waals surface area contributed by atoms with Crippen LogP contribution in [0.25, 0.3) is 0 Å². The van der Waals surface area contributed by atoms with E-state index in [0.29, 0.717) is 6.54 Å². The van der Waals surface area contributed by atoms with Crippen LogP contribution in [-0.2, 0) is 17.8 Å². The van der Waals surface area contributed by atoms with Gasteiger partial charge in [-0.05, 0) is 25.0 Å². The zero-order valence-electron chi connectivity index (χ0n) is 15.3. The molecule has 0 aliphatic heterocycles. The number of nitrogens with one attached hydrogen (secondary N) is 2. The van der Waals surface area contributed by atoms with Gasteiger partial charge >= 0.3 is 0 Å². The average molecular weight is 457 g/mol. The first kappa shape index (κ1) is 21.4. The highest BCUT2D eigenvalue weighted by Crippen LogP contribution is 2.07. The monoisotopic (exact) mass is 457 g/mol. The summed E-state index contributed by atoms with van der Waals surface area (Å²) < 4.78 is 7.45. The van der Waals surface area contributed by atoms with Crippen LogP contribution in [0.1, 0.15) is 25.0 Å². The number of aliphatic imine (C=N–C) groups is 1. The average Bonchev–Trinajstić information content (AvgIpc) is 3.09. The molecule has 0 bridgehead atoms. The van der Waals surface area contributed by atoms with E-state index in [0.717, 1.165) is 19.0 Å². The van der Waals surface area contributed by atoms with Gasteiger partial charge in [0.25, 0.3) is 0 Å². The van der Waals surface area contributed by atoms with Crippen molar-refractivity contribution in [2.75, 3.05) is 20.7 Å². The molecule has 0 unspecified atom stereocenters. The Balaban J connectivity index is 0.00000312. The summed E-state index contributed by atoms with van der Waals surface area (Å²) in [5.74, 6) is 0.766. The molecule has 7 heteroatoms. The van der Waals surface area contributed by atoms with Crippen molar-refractivity contribution in [1.82, 2.24) is 20.2 Å². The van der Waals surface area contributed by atoms with Crippen LogP contribution in [0.5, 0.6) is 0 Å². The molecule has 0 aliphatic rings. The molecule has 0 atom stereocenters. The number of guanidine groups is 1. The normalized spacial score (nSPS) is 11.8. The zero-order valence-corrected chi connectivity index (χ0v) is 17.7. The Morgan fingerprint density at radius 3 is 2.44 bits per heavy atom. The molecule has 2 rings (SSSR count). The Morgan fingerprint density at radius 1 is 1.20 bits per heavy atom. The number of nitrogens with zero attached hydrogens (tertiary/aromatic N) is 3. The van der Waals surface area contributed by atoms with Crippen LogP contribution in [-0.4, -0.2) is 41.8 Å². The van der Waals surface area contributed by atoms with Crippen LogP contribution >= 0.6 is 24.0 Å². The summed E-state index contributed by atoms with van der Waals surface area (Å²) >= 11 is 0. The van der Waals surface area contributed by atoms with Gasteiger partial charge in [0, 0.05) is 46.2 Å². The second-order valence-electron chi connectivity index (χ2n) is 6.29. The minimum Gasteiger partial charge on any atom is -0.377 e. The standard InChI is InChI=1S/C18H27N5O.HI/c1-18(2,24-4)13-22-17(19-3)21-11-15-5-7-16(8-6-15)12-23-10-9-20-14-23;/h5-10,14H,11-13H2,1-4H3,(H2,19,21,22);1H. The maximum Gasteiger partial charge on any atom is 0.191 e. The van der Waals surface area contributed by atoms with E-state index < -0.39 is 0 Å². The van der Waals surface area contributed by atoms with Gasteiger partial charge in [0.05, 0.1) is 11.9 Å². The third-order valence-corrected chi connectivity index (χ3v) is 3.87. The molecule has 0 spiro atoms. The Hall–Kier alpha value is -1.61. The van der Waals surface area contributed by atoms with Gasteiger partial charge < -0.3 is 19.9 Å². The van der Waals surface area contributed by atoms with Crippen molar-refractivity contribution >= 4 is 29.9 Å². The summed E-state index contributed by atoms with van der Waals surface area (Å²) in [4.78, 5) is 8.30. The summed E-state index contributed by atoms with van der Waals surface area (Å²) in [6, 6.07) is 8.54. The van der Waals surface area contributed by atoms with Crippen molar-refractivity contribution in [2.45, 2.75) is 32.5 Å². The lowest BCUT2D eigenvalue weighted by Crippen LogP contribution is -2.45. The van der Waals surface area contributed by atoms with Crippen molar-refractivity contribution in [2.24, 2.45) is 4.99 Å². The number of halogens is 1. The van der Waals surface area contributed by atoms with Crippen molar-refractivity contribution in [1.29, 1.82) is 0 Å². The molecule has 0 saturated carbocycles. The fourth-order valence-electron chi connectivity index (χ4n) is 2.13. The van der Waals surface area contributed by atoms with Gasteiger partial charge in [-0.15, -0.1) is 24.0 Å². The van der Waals surface area contributed by atoms with Gasteiger partial charge in [0.2, 0.25) is 0 Å². The van der Waals surface area contributed by atoms with Crippen LogP contribution in [0, 0.1) is 0 Å². The highest BCUT2D eigenvalue weighted by atomic mass is 127. The van der Waals surface area contributed by atoms with Gasteiger partial charge in [-0.2, -0.15) is 0 Å². The van der Waals surface area contributed by atoms with Crippen molar-refractivity contribution < 1.29 is 4.74 Å². The molecule has 138 valence electrons. The van der Waals surface area contributed by atoms with Gasteiger partial charge in [-0.1, -0.05) is 24.3 Å². The van der Waals surface area contributed by atoms with E-state index in [9.17, 15) is 0 Å². The van der Waals surface area contributed by atoms with Crippen LogP contribution in [0.3, 0.4) is 0 Å². The molecule has 1 aromatic heterocycles. The third-order valence-electron chi connectivity index (χ3n) is 3.87. The molecule has 2 aromatic rings. The van der Waals surface area contributed by atoms with Gasteiger partial charge in [-0.25, -0.2) is 4.98 Å². The highest BCUT2D eigenvalue weighted by molar-refractivity contribution is 14.0. The van der Waals surface area contributed by atoms with Gasteiger partial charge in [-0.3, -0.25) is 4.99 Å². The second-order valence-corrected chi connectivity index (χ2v) is 6.29. The number of benzene rings is 1. The fourth-order valence-corrected chi connectivity index (χ4v) is 2.13. The number of ether oxygens (including phenoxy) is 1. The summed E-state index contributed by atoms with van der Waals surface area (Å²) in [7, 11) is 3.48. The number of aromatic nitrogens is 2. The molecule has 2 N–H and O–H groups in total. The SMILES string of the molecule is CN=C(NCc1ccc(Cn2ccnc2)cc1)NCC(C)(C)OC.I. The van der Waals surface area contributed by atoms with Crippen LogP contribution in [0.4, 0.5) is 0 Å². The van der Waals surface area contributed by atoms with Crippen molar-refractivity contribution in [3.05, 3.63) is 54.1 Å². The number of imidazole rings is 1. The Labute approximate surface area is 167 Å². The minimum atomic E-state index is -0.230. The number of hydrogen-bond acceptors (Lipinski definition) is 3. The molecule has 1 heterocycles. The predicted octanol–water partition coefficient (Wildman–Crippen LogP) is 2.64. The fraction of sp³-hybridized carbons (Fsp3) is 0.444. The van der Waals surface area contributed by atoms with E-state index in [1.54, 1.807) is 20.4 Å². The number of methoxy groups -OCH3 is 1. The predicted molar refractivity (Wildman–Crippen MR) is 112 cm³/mol. The molecular weight excluding hydrogens is 429 g/mol. The van der Waals surface area contributed by atoms with E-state index in [4.69, 9.17) is 4.74 Å². The summed E-state index contributed by atoms with van der Waals surface area (Å²) in [5, 5.41) is 6.59. The van der Waals surface area contributed by atoms with Crippen LogP contribution in [0.2, 0.25) is 0 Å². The van der Waals surface area contributed by atoms with E-state index in [1.165, 1.54) is 11.1 Å². The first-order chi connectivity index (χ1) is 11.5. The van der Waals surface area contributed by atoms with Crippen molar-refractivity contribution in [3.8, 4) is 0 Å². The lowest BCUT2D eigenvalue weighted by Gasteiger charge is -2.24. The Morgan fingerprint density at radius 2 is 1.88 bits per heavy atom. The molecule has 0 saturated heterocycles. The first-order valence-corrected chi connectivity index (χ1v) is 8.05. The molecule has 1 aromatic carbocycles. The van der Waals surface area contributed by atoms with Crippen LogP contribution < -0.4 is 10.6 Å². The zero-order chi connectivity index (χ0) is 17.4. The largest absolute Gasteiger partial charge is 0.377 e. The molecule has 0 fully saturated rings. The quantitative estimate of drug-likeness (QED) is 0.381. The molecule has 0 aliphatic carbocycles. The molecule has 0 radical (unpaired) electrons. The maximum atomic E-state index is 5.40. The Bertz CT molecular complexity index is 638. The van der Waals surface area contributed by atoms with E-state index in [-0.39, 0.29) is 29.6 Å². The molecule has 25 heavy (non-hydrogen) atoms. The smallest absolute Gasteiger partial charge is 0.191 e. The molecule has 0 amide bonds. The van der Waals surface area contributed by atoms with Crippen molar-refractivity contribution in [3.63, 3.8) is 0 Å². The summed E-state index contributed by atoms with van der Waals surface area (Å²) in [6.07, 6.45) is 5.58. The number of hydrogen-bond donors (Lipinski definition) is 2. The van der Waals surface area contributed by atoms with E-state index in [2.05, 4.69) is 49.4 Å². The van der Waals surface area contributed by atoms with Gasteiger partial charge in [0.15, 0.2) is 5.96 Å². The summed E-state index contributed by atoms with van der Waals surface area (Å²) in [6.45, 7) is 6.31. The second kappa shape index (κ2) is 10.4. The van der Waals surface area contributed by atoms with Gasteiger partial charge in [0.1, 0.15) is 0 Å². The van der Waals surface area contributed by atoms with Crippen LogP contribution in [0.15, 0.2) is 48.0 Å². The Kier molecular flexibility index (Phi) is 8.91. The highest BCUT2D eigenvalue weighted by Gasteiger charge is 2.16. The third kappa shape index (κ3) is 7.43. The van der Waals surface area contributed by atoms with E-state index >= 15 is 0 Å². The minimum absolute atomic E-state index is 0. The topological polar surface area (TPSA) is 63.5 Å².